The van der Waals surface area contributed by atoms with Crippen molar-refractivity contribution in [2.75, 3.05) is 0 Å². The van der Waals surface area contributed by atoms with E-state index >= 15 is 0 Å². The normalized spacial score (nSPS) is 11.6. The predicted molar refractivity (Wildman–Crippen MR) is 102 cm³/mol. The number of hydrogen-bond acceptors (Lipinski definition) is 6. The summed E-state index contributed by atoms with van der Waals surface area (Å²) in [6.45, 7) is 0. The number of halogens is 2. The quantitative estimate of drug-likeness (QED) is 0.293. The number of aromatic nitrogens is 4. The van der Waals surface area contributed by atoms with Crippen LogP contribution in [0.5, 0.6) is 0 Å². The van der Waals surface area contributed by atoms with Gasteiger partial charge >= 0.3 is 0 Å². The van der Waals surface area contributed by atoms with Gasteiger partial charge in [0, 0.05) is 11.1 Å². The monoisotopic (exact) mass is 410 g/mol. The zero-order valence-corrected chi connectivity index (χ0v) is 15.5. The number of rotatable bonds is 5. The molecule has 7 nitrogen and oxygen atoms in total. The molecule has 10 heteroatoms. The van der Waals surface area contributed by atoms with Crippen LogP contribution in [0.2, 0.25) is 0 Å². The fourth-order valence-corrected chi connectivity index (χ4v) is 3.18. The van der Waals surface area contributed by atoms with Gasteiger partial charge < -0.3 is 9.40 Å². The van der Waals surface area contributed by atoms with Gasteiger partial charge in [0.2, 0.25) is 11.5 Å². The van der Waals surface area contributed by atoms with Gasteiger partial charge in [-0.15, -0.1) is 10.2 Å². The molecular formula is C19H12F2N6OS. The van der Waals surface area contributed by atoms with Crippen molar-refractivity contribution in [2.24, 2.45) is 4.99 Å². The van der Waals surface area contributed by atoms with Crippen molar-refractivity contribution in [2.45, 2.75) is 10.2 Å². The summed E-state index contributed by atoms with van der Waals surface area (Å²) in [6, 6.07) is 13.4. The van der Waals surface area contributed by atoms with Gasteiger partial charge in [-0.05, 0) is 54.2 Å². The Kier molecular flexibility index (Phi) is 5.25. The highest BCUT2D eigenvalue weighted by Crippen LogP contribution is 2.29. The Bertz CT molecular complexity index is 1240. The van der Waals surface area contributed by atoms with Crippen LogP contribution in [0.1, 0.15) is 0 Å². The molecule has 0 unspecified atom stereocenters. The van der Waals surface area contributed by atoms with Crippen LogP contribution in [0.15, 0.2) is 74.3 Å². The lowest BCUT2D eigenvalue weighted by atomic mass is 10.1. The Hall–Kier alpha value is -3.66. The highest BCUT2D eigenvalue weighted by atomic mass is 32.2. The number of aromatic amines is 1. The van der Waals surface area contributed by atoms with Gasteiger partial charge in [0.25, 0.3) is 5.22 Å². The van der Waals surface area contributed by atoms with Crippen molar-refractivity contribution in [1.29, 1.82) is 5.41 Å². The number of nitrogens with one attached hydrogen (secondary N) is 2. The first kappa shape index (κ1) is 18.7. The van der Waals surface area contributed by atoms with Crippen molar-refractivity contribution >= 4 is 18.1 Å². The second kappa shape index (κ2) is 8.15. The van der Waals surface area contributed by atoms with Gasteiger partial charge in [-0.25, -0.2) is 18.8 Å². The van der Waals surface area contributed by atoms with Gasteiger partial charge in [-0.1, -0.05) is 12.1 Å². The first-order valence-corrected chi connectivity index (χ1v) is 9.10. The van der Waals surface area contributed by atoms with Crippen molar-refractivity contribution in [3.63, 3.8) is 0 Å². The van der Waals surface area contributed by atoms with Crippen LogP contribution >= 0.6 is 11.8 Å². The molecule has 0 aliphatic heterocycles. The molecule has 4 aromatic rings. The molecule has 2 heterocycles. The minimum atomic E-state index is -0.391. The van der Waals surface area contributed by atoms with Crippen LogP contribution < -0.4 is 5.62 Å². The van der Waals surface area contributed by atoms with E-state index < -0.39 is 5.82 Å². The van der Waals surface area contributed by atoms with E-state index in [1.807, 2.05) is 0 Å². The Morgan fingerprint density at radius 1 is 1.00 bits per heavy atom. The molecule has 0 fully saturated rings. The third kappa shape index (κ3) is 4.43. The number of H-pyrrole nitrogens is 1. The van der Waals surface area contributed by atoms with Gasteiger partial charge in [0.05, 0.1) is 10.7 Å². The Morgan fingerprint density at radius 3 is 2.59 bits per heavy atom. The molecule has 0 amide bonds. The average molecular weight is 410 g/mol. The van der Waals surface area contributed by atoms with Crippen molar-refractivity contribution in [3.8, 4) is 22.7 Å². The summed E-state index contributed by atoms with van der Waals surface area (Å²) in [5, 5.41) is 15.9. The van der Waals surface area contributed by atoms with Gasteiger partial charge in [0.1, 0.15) is 18.0 Å². The van der Waals surface area contributed by atoms with Crippen molar-refractivity contribution < 1.29 is 13.2 Å². The summed E-state index contributed by atoms with van der Waals surface area (Å²) in [7, 11) is 0. The maximum atomic E-state index is 13.6. The molecule has 0 aliphatic rings. The van der Waals surface area contributed by atoms with Crippen molar-refractivity contribution in [1.82, 2.24) is 20.2 Å². The first-order valence-electron chi connectivity index (χ1n) is 8.28. The van der Waals surface area contributed by atoms with Crippen LogP contribution in [-0.2, 0) is 0 Å². The summed E-state index contributed by atoms with van der Waals surface area (Å²) in [6.07, 6.45) is 0.849. The standard InChI is InChI=1S/C19H12F2N6OS/c20-13-6-4-11(5-7-13)17-26-27-19(28-17)29-16-9-15(24-18(25-16)23-10-22)12-2-1-3-14(21)8-12/h1-10H,(H2,22,23,24,25). The number of hydrogen-bond donors (Lipinski definition) is 2. The third-order valence-corrected chi connectivity index (χ3v) is 4.51. The van der Waals surface area contributed by atoms with E-state index in [1.54, 1.807) is 30.3 Å². The predicted octanol–water partition coefficient (Wildman–Crippen LogP) is 4.06. The maximum absolute atomic E-state index is 13.6. The molecule has 0 radical (unpaired) electrons. The highest BCUT2D eigenvalue weighted by molar-refractivity contribution is 7.99. The van der Waals surface area contributed by atoms with Gasteiger partial charge in [0.15, 0.2) is 0 Å². The Morgan fingerprint density at radius 2 is 1.83 bits per heavy atom. The number of nitrogens with zero attached hydrogens (tertiary/aromatic N) is 4. The van der Waals surface area contributed by atoms with Crippen LogP contribution in [0, 0.1) is 17.0 Å². The lowest BCUT2D eigenvalue weighted by Crippen LogP contribution is -2.14. The zero-order valence-electron chi connectivity index (χ0n) is 14.6. The highest BCUT2D eigenvalue weighted by Gasteiger charge is 2.12. The van der Waals surface area contributed by atoms with E-state index in [0.29, 0.717) is 21.8 Å². The van der Waals surface area contributed by atoms with E-state index in [9.17, 15) is 8.78 Å². The zero-order chi connectivity index (χ0) is 20.2. The lowest BCUT2D eigenvalue weighted by Gasteiger charge is -2.04. The minimum absolute atomic E-state index is 0.169. The summed E-state index contributed by atoms with van der Waals surface area (Å²) >= 11 is 1.12. The Labute approximate surface area is 167 Å². The summed E-state index contributed by atoms with van der Waals surface area (Å²) < 4.78 is 32.3. The SMILES string of the molecule is N=C/N=c1/nc(-c2cccc(F)c2)cc(Sc2nnc(-c3ccc(F)cc3)o2)[nH]1. The van der Waals surface area contributed by atoms with E-state index in [-0.39, 0.29) is 22.5 Å². The minimum Gasteiger partial charge on any atom is -0.411 e. The molecule has 0 saturated carbocycles. The average Bonchev–Trinajstić information content (AvgIpc) is 3.17. The van der Waals surface area contributed by atoms with Crippen LogP contribution in [0.3, 0.4) is 0 Å². The molecule has 0 spiro atoms. The molecule has 2 aromatic heterocycles. The molecule has 2 aromatic carbocycles. The number of benzene rings is 2. The van der Waals surface area contributed by atoms with Crippen LogP contribution in [0.4, 0.5) is 8.78 Å². The molecule has 0 aliphatic carbocycles. The Balaban J connectivity index is 1.67. The molecule has 144 valence electrons. The maximum Gasteiger partial charge on any atom is 0.283 e. The summed E-state index contributed by atoms with van der Waals surface area (Å²) in [4.78, 5) is 11.1. The van der Waals surface area contributed by atoms with Crippen molar-refractivity contribution in [3.05, 3.63) is 71.8 Å². The van der Waals surface area contributed by atoms with Crippen LogP contribution in [0.25, 0.3) is 22.7 Å². The topological polar surface area (TPSA) is 104 Å². The summed E-state index contributed by atoms with van der Waals surface area (Å²) in [5.74, 6) is -0.504. The van der Waals surface area contributed by atoms with E-state index in [1.165, 1.54) is 24.3 Å². The lowest BCUT2D eigenvalue weighted by molar-refractivity contribution is 0.465. The van der Waals surface area contributed by atoms with E-state index in [0.717, 1.165) is 18.1 Å². The smallest absolute Gasteiger partial charge is 0.283 e. The molecule has 29 heavy (non-hydrogen) atoms. The third-order valence-electron chi connectivity index (χ3n) is 3.73. The molecule has 2 N–H and O–H groups in total. The first-order chi connectivity index (χ1) is 14.1. The molecule has 0 bridgehead atoms. The molecule has 0 atom stereocenters. The fourth-order valence-electron chi connectivity index (χ4n) is 2.47. The molecular weight excluding hydrogens is 398 g/mol. The molecule has 0 saturated heterocycles. The second-order valence-electron chi connectivity index (χ2n) is 5.70. The molecule has 4 rings (SSSR count). The largest absolute Gasteiger partial charge is 0.411 e. The van der Waals surface area contributed by atoms with E-state index in [2.05, 4.69) is 25.2 Å². The van der Waals surface area contributed by atoms with Gasteiger partial charge in [-0.3, -0.25) is 5.41 Å². The summed E-state index contributed by atoms with van der Waals surface area (Å²) in [5.41, 5.74) is 1.77. The van der Waals surface area contributed by atoms with Crippen LogP contribution in [-0.4, -0.2) is 26.5 Å². The fraction of sp³-hybridized carbons (Fsp3) is 0. The second-order valence-corrected chi connectivity index (χ2v) is 6.70. The van der Waals surface area contributed by atoms with Gasteiger partial charge in [-0.2, -0.15) is 0 Å². The van der Waals surface area contributed by atoms with E-state index in [4.69, 9.17) is 9.83 Å².